The Morgan fingerprint density at radius 2 is 1.68 bits per heavy atom. The summed E-state index contributed by atoms with van der Waals surface area (Å²) in [5.74, 6) is 0.0943. The fraction of sp³-hybridized carbons (Fsp3) is 0.467. The topological polar surface area (TPSA) is 88.5 Å². The van der Waals surface area contributed by atoms with E-state index in [2.05, 4.69) is 13.8 Å². The van der Waals surface area contributed by atoms with E-state index in [1.807, 2.05) is 31.1 Å². The van der Waals surface area contributed by atoms with E-state index < -0.39 is 17.7 Å². The van der Waals surface area contributed by atoms with Crippen LogP contribution in [-0.2, 0) is 9.59 Å². The van der Waals surface area contributed by atoms with Gasteiger partial charge in [0.1, 0.15) is 11.5 Å². The van der Waals surface area contributed by atoms with Crippen molar-refractivity contribution in [3.05, 3.63) is 59.2 Å². The second-order valence-corrected chi connectivity index (χ2v) is 9.64. The average Bonchev–Trinajstić information content (AvgIpc) is 3.17. The smallest absolute Gasteiger partial charge is 0.295 e. The largest absolute Gasteiger partial charge is 0.507 e. The fourth-order valence-corrected chi connectivity index (χ4v) is 4.29. The van der Waals surface area contributed by atoms with Crippen molar-refractivity contribution in [1.82, 2.24) is 9.80 Å². The SMILES string of the molecule is CCCCOc1cccc(C(O)=C2C(=O)C(=O)N(CCN(C)C)C2c2ccc(OCCCC)c(OC)c2)c1. The second kappa shape index (κ2) is 13.9. The van der Waals surface area contributed by atoms with Gasteiger partial charge in [0, 0.05) is 18.7 Å². The first-order valence-electron chi connectivity index (χ1n) is 13.3. The van der Waals surface area contributed by atoms with Crippen molar-refractivity contribution in [2.45, 2.75) is 45.6 Å². The number of ether oxygens (including phenoxy) is 3. The Kier molecular flexibility index (Phi) is 10.6. The number of aliphatic hydroxyl groups excluding tert-OH is 1. The molecule has 0 bridgehead atoms. The van der Waals surface area contributed by atoms with Gasteiger partial charge in [0.05, 0.1) is 31.9 Å². The third-order valence-electron chi connectivity index (χ3n) is 6.46. The van der Waals surface area contributed by atoms with Crippen LogP contribution < -0.4 is 14.2 Å². The van der Waals surface area contributed by atoms with Crippen LogP contribution in [0.5, 0.6) is 17.2 Å². The van der Waals surface area contributed by atoms with E-state index >= 15 is 0 Å². The van der Waals surface area contributed by atoms with E-state index in [0.29, 0.717) is 54.7 Å². The van der Waals surface area contributed by atoms with Gasteiger partial charge in [-0.1, -0.05) is 44.9 Å². The minimum atomic E-state index is -0.779. The highest BCUT2D eigenvalue weighted by Crippen LogP contribution is 2.42. The number of hydrogen-bond acceptors (Lipinski definition) is 7. The first-order chi connectivity index (χ1) is 18.3. The molecule has 1 fully saturated rings. The van der Waals surface area contributed by atoms with Gasteiger partial charge in [0.25, 0.3) is 11.7 Å². The third-order valence-corrected chi connectivity index (χ3v) is 6.46. The van der Waals surface area contributed by atoms with E-state index in [4.69, 9.17) is 14.2 Å². The molecule has 1 aliphatic rings. The summed E-state index contributed by atoms with van der Waals surface area (Å²) in [5, 5.41) is 11.4. The van der Waals surface area contributed by atoms with Gasteiger partial charge in [-0.2, -0.15) is 0 Å². The van der Waals surface area contributed by atoms with Crippen LogP contribution >= 0.6 is 0 Å². The Hall–Kier alpha value is -3.52. The maximum absolute atomic E-state index is 13.3. The first-order valence-corrected chi connectivity index (χ1v) is 13.3. The lowest BCUT2D eigenvalue weighted by Crippen LogP contribution is -2.35. The van der Waals surface area contributed by atoms with Crippen LogP contribution in [0.2, 0.25) is 0 Å². The highest BCUT2D eigenvalue weighted by molar-refractivity contribution is 6.46. The minimum Gasteiger partial charge on any atom is -0.507 e. The van der Waals surface area contributed by atoms with E-state index in [1.165, 1.54) is 4.90 Å². The van der Waals surface area contributed by atoms with E-state index in [0.717, 1.165) is 25.7 Å². The van der Waals surface area contributed by atoms with Gasteiger partial charge in [-0.3, -0.25) is 9.59 Å². The lowest BCUT2D eigenvalue weighted by molar-refractivity contribution is -0.140. The number of rotatable bonds is 14. The summed E-state index contributed by atoms with van der Waals surface area (Å²) in [4.78, 5) is 30.0. The van der Waals surface area contributed by atoms with Crippen molar-refractivity contribution < 1.29 is 28.9 Å². The Labute approximate surface area is 225 Å². The standard InChI is InChI=1S/C30H40N2O6/c1-6-8-17-37-23-12-10-11-22(19-23)28(33)26-27(32(16-15-31(3)4)30(35)29(26)34)21-13-14-24(25(20-21)36-5)38-18-9-7-2/h10-14,19-20,27,33H,6-9,15-18H2,1-5H3. The molecular weight excluding hydrogens is 484 g/mol. The van der Waals surface area contributed by atoms with Crippen molar-refractivity contribution in [3.8, 4) is 17.2 Å². The minimum absolute atomic E-state index is 0.0427. The number of nitrogens with zero attached hydrogens (tertiary/aromatic N) is 2. The molecule has 1 aliphatic heterocycles. The molecule has 1 saturated heterocycles. The van der Waals surface area contributed by atoms with Crippen molar-refractivity contribution in [2.24, 2.45) is 0 Å². The quantitative estimate of drug-likeness (QED) is 0.160. The van der Waals surface area contributed by atoms with Gasteiger partial charge in [-0.05, 0) is 56.8 Å². The fourth-order valence-electron chi connectivity index (χ4n) is 4.29. The molecule has 3 rings (SSSR count). The number of likely N-dealkylation sites (tertiary alicyclic amines) is 1. The van der Waals surface area contributed by atoms with Crippen molar-refractivity contribution >= 4 is 17.4 Å². The van der Waals surface area contributed by atoms with E-state index in [-0.39, 0.29) is 11.3 Å². The van der Waals surface area contributed by atoms with Crippen LogP contribution in [0.15, 0.2) is 48.0 Å². The number of Topliss-reactive ketones (excluding diaryl/α,β-unsaturated/α-hetero) is 1. The molecule has 0 spiro atoms. The third kappa shape index (κ3) is 6.86. The monoisotopic (exact) mass is 524 g/mol. The van der Waals surface area contributed by atoms with Gasteiger partial charge in [0.2, 0.25) is 0 Å². The van der Waals surface area contributed by atoms with Gasteiger partial charge in [-0.15, -0.1) is 0 Å². The zero-order valence-electron chi connectivity index (χ0n) is 23.2. The normalized spacial score (nSPS) is 16.8. The number of aliphatic hydroxyl groups is 1. The van der Waals surface area contributed by atoms with Crippen molar-refractivity contribution in [1.29, 1.82) is 0 Å². The molecule has 0 aromatic heterocycles. The molecule has 2 aromatic carbocycles. The van der Waals surface area contributed by atoms with Gasteiger partial charge in [-0.25, -0.2) is 0 Å². The predicted molar refractivity (Wildman–Crippen MR) is 148 cm³/mol. The molecule has 2 aromatic rings. The van der Waals surface area contributed by atoms with Crippen LogP contribution in [0.4, 0.5) is 0 Å². The maximum Gasteiger partial charge on any atom is 0.295 e. The molecule has 206 valence electrons. The lowest BCUT2D eigenvalue weighted by Gasteiger charge is -2.27. The predicted octanol–water partition coefficient (Wildman–Crippen LogP) is 5.04. The zero-order chi connectivity index (χ0) is 27.7. The van der Waals surface area contributed by atoms with Gasteiger partial charge in [0.15, 0.2) is 11.5 Å². The van der Waals surface area contributed by atoms with Crippen LogP contribution in [0, 0.1) is 0 Å². The van der Waals surface area contributed by atoms with Crippen molar-refractivity contribution in [3.63, 3.8) is 0 Å². The highest BCUT2D eigenvalue weighted by Gasteiger charge is 2.46. The lowest BCUT2D eigenvalue weighted by atomic mass is 9.95. The second-order valence-electron chi connectivity index (χ2n) is 9.64. The summed E-state index contributed by atoms with van der Waals surface area (Å²) in [6, 6.07) is 11.6. The number of methoxy groups -OCH3 is 1. The Morgan fingerprint density at radius 3 is 2.34 bits per heavy atom. The average molecular weight is 525 g/mol. The first kappa shape index (κ1) is 29.0. The number of carbonyl (C=O) groups is 2. The molecular formula is C30H40N2O6. The summed E-state index contributed by atoms with van der Waals surface area (Å²) in [6.45, 7) is 6.16. The number of ketones is 1. The van der Waals surface area contributed by atoms with Gasteiger partial charge < -0.3 is 29.1 Å². The maximum atomic E-state index is 13.3. The van der Waals surface area contributed by atoms with Crippen LogP contribution in [0.3, 0.4) is 0 Å². The van der Waals surface area contributed by atoms with Crippen LogP contribution in [0.1, 0.15) is 56.7 Å². The number of hydrogen-bond donors (Lipinski definition) is 1. The number of unbranched alkanes of at least 4 members (excludes halogenated alkanes) is 2. The molecule has 38 heavy (non-hydrogen) atoms. The summed E-state index contributed by atoms with van der Waals surface area (Å²) >= 11 is 0. The van der Waals surface area contributed by atoms with Crippen molar-refractivity contribution in [2.75, 3.05) is 47.5 Å². The Balaban J connectivity index is 2.07. The van der Waals surface area contributed by atoms with Crippen LogP contribution in [0.25, 0.3) is 5.76 Å². The molecule has 1 amide bonds. The summed E-state index contributed by atoms with van der Waals surface area (Å²) in [7, 11) is 5.36. The van der Waals surface area contributed by atoms with E-state index in [9.17, 15) is 14.7 Å². The van der Waals surface area contributed by atoms with Gasteiger partial charge >= 0.3 is 0 Å². The molecule has 1 atom stereocenters. The Bertz CT molecular complexity index is 1140. The molecule has 1 unspecified atom stereocenters. The molecule has 8 nitrogen and oxygen atoms in total. The molecule has 0 radical (unpaired) electrons. The highest BCUT2D eigenvalue weighted by atomic mass is 16.5. The molecule has 0 aliphatic carbocycles. The number of amides is 1. The molecule has 1 heterocycles. The zero-order valence-corrected chi connectivity index (χ0v) is 23.2. The molecule has 0 saturated carbocycles. The number of carbonyl (C=O) groups excluding carboxylic acids is 2. The number of benzene rings is 2. The molecule has 8 heteroatoms. The number of likely N-dealkylation sites (N-methyl/N-ethyl adjacent to an activating group) is 1. The van der Waals surface area contributed by atoms with E-state index in [1.54, 1.807) is 37.4 Å². The summed E-state index contributed by atoms with van der Waals surface area (Å²) < 4.78 is 17.3. The summed E-state index contributed by atoms with van der Waals surface area (Å²) in [6.07, 6.45) is 3.83. The molecule has 1 N–H and O–H groups in total. The van der Waals surface area contributed by atoms with Crippen LogP contribution in [-0.4, -0.2) is 74.1 Å². The Morgan fingerprint density at radius 1 is 0.974 bits per heavy atom. The summed E-state index contributed by atoms with van der Waals surface area (Å²) in [5.41, 5.74) is 1.11.